The first kappa shape index (κ1) is 14.5. The van der Waals surface area contributed by atoms with Gasteiger partial charge in [0, 0.05) is 19.0 Å². The van der Waals surface area contributed by atoms with Crippen molar-refractivity contribution in [1.82, 2.24) is 4.98 Å². The van der Waals surface area contributed by atoms with Gasteiger partial charge in [-0.2, -0.15) is 0 Å². The van der Waals surface area contributed by atoms with Gasteiger partial charge in [0.2, 0.25) is 0 Å². The second-order valence-electron chi connectivity index (χ2n) is 4.53. The first-order chi connectivity index (χ1) is 10.0. The van der Waals surface area contributed by atoms with Gasteiger partial charge in [-0.05, 0) is 59.0 Å². The zero-order valence-electron chi connectivity index (χ0n) is 10.7. The number of nitrogens with zero attached hydrogens (tertiary/aromatic N) is 1. The van der Waals surface area contributed by atoms with Gasteiger partial charge in [0.1, 0.15) is 0 Å². The number of fused-ring (bicyclic) bond motifs is 1. The van der Waals surface area contributed by atoms with Crippen LogP contribution in [0.3, 0.4) is 0 Å². The molecule has 0 aliphatic carbocycles. The van der Waals surface area contributed by atoms with E-state index in [0.29, 0.717) is 16.6 Å². The lowest BCUT2D eigenvalue weighted by molar-refractivity contribution is 0.0699. The summed E-state index contributed by atoms with van der Waals surface area (Å²) in [5.41, 5.74) is 2.50. The van der Waals surface area contributed by atoms with Gasteiger partial charge in [0.15, 0.2) is 0 Å². The fraction of sp³-hybridized carbons (Fsp3) is 0. The first-order valence-electron chi connectivity index (χ1n) is 6.14. The van der Waals surface area contributed by atoms with E-state index in [0.717, 1.165) is 13.6 Å². The molecule has 0 atom stereocenters. The molecule has 1 aromatic heterocycles. The molecular weight excluding hydrogens is 445 g/mol. The Morgan fingerprint density at radius 1 is 1.10 bits per heavy atom. The monoisotopic (exact) mass is 453 g/mol. The molecule has 2 aromatic carbocycles. The summed E-state index contributed by atoms with van der Waals surface area (Å²) < 4.78 is 1.96. The summed E-state index contributed by atoms with van der Waals surface area (Å²) in [5, 5.41) is 10.1. The smallest absolute Gasteiger partial charge is 0.336 e. The van der Waals surface area contributed by atoms with Crippen molar-refractivity contribution in [2.24, 2.45) is 0 Å². The number of rotatable bonds is 2. The molecule has 0 saturated heterocycles. The Bertz CT molecular complexity index is 847. The van der Waals surface area contributed by atoms with Crippen LogP contribution >= 0.6 is 38.5 Å². The number of aromatic carboxylic acids is 1. The highest BCUT2D eigenvalue weighted by atomic mass is 127. The van der Waals surface area contributed by atoms with Gasteiger partial charge in [-0.1, -0.05) is 28.1 Å². The highest BCUT2D eigenvalue weighted by molar-refractivity contribution is 14.1. The number of benzene rings is 2. The van der Waals surface area contributed by atoms with E-state index in [9.17, 15) is 9.90 Å². The highest BCUT2D eigenvalue weighted by Gasteiger charge is 2.13. The van der Waals surface area contributed by atoms with Crippen molar-refractivity contribution in [2.45, 2.75) is 0 Å². The number of hydrogen-bond acceptors (Lipinski definition) is 2. The van der Waals surface area contributed by atoms with E-state index in [1.807, 2.05) is 36.4 Å². The second kappa shape index (κ2) is 5.73. The summed E-state index contributed by atoms with van der Waals surface area (Å²) in [5.74, 6) is -0.952. The van der Waals surface area contributed by atoms with Gasteiger partial charge in [-0.3, -0.25) is 0 Å². The molecule has 1 heterocycles. The maximum atomic E-state index is 11.5. The molecule has 3 aromatic rings. The third-order valence-electron chi connectivity index (χ3n) is 3.14. The Morgan fingerprint density at radius 2 is 1.81 bits per heavy atom. The van der Waals surface area contributed by atoms with Gasteiger partial charge in [0.05, 0.1) is 16.8 Å². The summed E-state index contributed by atoms with van der Waals surface area (Å²) in [4.78, 5) is 16.1. The summed E-state index contributed by atoms with van der Waals surface area (Å²) in [6.07, 6.45) is 0. The molecule has 104 valence electrons. The minimum Gasteiger partial charge on any atom is -0.478 e. The van der Waals surface area contributed by atoms with Gasteiger partial charge >= 0.3 is 5.97 Å². The molecule has 0 bridgehead atoms. The van der Waals surface area contributed by atoms with Gasteiger partial charge in [0.25, 0.3) is 0 Å². The Labute approximate surface area is 143 Å². The predicted molar refractivity (Wildman–Crippen MR) is 94.6 cm³/mol. The predicted octanol–water partition coefficient (Wildman–Crippen LogP) is 4.97. The van der Waals surface area contributed by atoms with Crippen LogP contribution in [0.2, 0.25) is 0 Å². The molecule has 0 aliphatic heterocycles. The van der Waals surface area contributed by atoms with Crippen LogP contribution in [0.1, 0.15) is 10.4 Å². The lowest BCUT2D eigenvalue weighted by Crippen LogP contribution is -2.00. The van der Waals surface area contributed by atoms with E-state index in [1.54, 1.807) is 12.1 Å². The third kappa shape index (κ3) is 2.94. The van der Waals surface area contributed by atoms with Crippen LogP contribution in [0.15, 0.2) is 53.0 Å². The number of halogens is 2. The Balaban J connectivity index is 2.28. The molecule has 0 radical (unpaired) electrons. The number of aromatic nitrogens is 1. The van der Waals surface area contributed by atoms with Gasteiger partial charge < -0.3 is 5.11 Å². The fourth-order valence-electron chi connectivity index (χ4n) is 2.14. The molecule has 5 heteroatoms. The topological polar surface area (TPSA) is 50.2 Å². The molecule has 0 unspecified atom stereocenters. The van der Waals surface area contributed by atoms with Gasteiger partial charge in [-0.15, -0.1) is 0 Å². The molecule has 3 nitrogen and oxygen atoms in total. The van der Waals surface area contributed by atoms with Crippen molar-refractivity contribution >= 4 is 55.4 Å². The number of carbonyl (C=O) groups is 1. The lowest BCUT2D eigenvalue weighted by atomic mass is 10.0. The molecule has 1 N–H and O–H groups in total. The maximum absolute atomic E-state index is 11.5. The zero-order chi connectivity index (χ0) is 15.0. The van der Waals surface area contributed by atoms with E-state index in [1.165, 1.54) is 0 Å². The average molecular weight is 454 g/mol. The van der Waals surface area contributed by atoms with Crippen LogP contribution in [0.4, 0.5) is 0 Å². The van der Waals surface area contributed by atoms with Crippen LogP contribution < -0.4 is 0 Å². The average Bonchev–Trinajstić information content (AvgIpc) is 2.46. The molecule has 3 rings (SSSR count). The van der Waals surface area contributed by atoms with Crippen molar-refractivity contribution < 1.29 is 9.90 Å². The number of hydrogen-bond donors (Lipinski definition) is 1. The largest absolute Gasteiger partial charge is 0.478 e. The van der Waals surface area contributed by atoms with Crippen LogP contribution in [0, 0.1) is 3.57 Å². The molecule has 0 amide bonds. The standard InChI is InChI=1S/C16H9BrINO2/c17-10-3-6-14-12(7-10)13(16(20)21)8-15(19-14)9-1-4-11(18)5-2-9/h1-8H,(H,20,21). The highest BCUT2D eigenvalue weighted by Crippen LogP contribution is 2.27. The van der Waals surface area contributed by atoms with E-state index in [4.69, 9.17) is 0 Å². The Hall–Kier alpha value is -1.47. The van der Waals surface area contributed by atoms with Crippen LogP contribution in [-0.4, -0.2) is 16.1 Å². The quantitative estimate of drug-likeness (QED) is 0.557. The molecule has 0 spiro atoms. The van der Waals surface area contributed by atoms with Crippen molar-refractivity contribution in [3.05, 3.63) is 62.1 Å². The molecule has 0 aliphatic rings. The molecule has 0 saturated carbocycles. The SMILES string of the molecule is O=C(O)c1cc(-c2ccc(I)cc2)nc2ccc(Br)cc12. The number of carboxylic acids is 1. The Morgan fingerprint density at radius 3 is 2.48 bits per heavy atom. The minimum absolute atomic E-state index is 0.259. The molecule has 21 heavy (non-hydrogen) atoms. The normalized spacial score (nSPS) is 10.8. The number of carboxylic acid groups (broad SMARTS) is 1. The fourth-order valence-corrected chi connectivity index (χ4v) is 2.86. The van der Waals surface area contributed by atoms with Crippen LogP contribution in [0.5, 0.6) is 0 Å². The van der Waals surface area contributed by atoms with E-state index >= 15 is 0 Å². The summed E-state index contributed by atoms with van der Waals surface area (Å²) in [7, 11) is 0. The molecule has 0 fully saturated rings. The Kier molecular flexibility index (Phi) is 3.95. The van der Waals surface area contributed by atoms with Crippen LogP contribution in [-0.2, 0) is 0 Å². The van der Waals surface area contributed by atoms with E-state index in [-0.39, 0.29) is 5.56 Å². The van der Waals surface area contributed by atoms with Crippen molar-refractivity contribution in [2.75, 3.05) is 0 Å². The first-order valence-corrected chi connectivity index (χ1v) is 8.01. The minimum atomic E-state index is -0.952. The van der Waals surface area contributed by atoms with Crippen molar-refractivity contribution in [3.8, 4) is 11.3 Å². The van der Waals surface area contributed by atoms with Gasteiger partial charge in [-0.25, -0.2) is 9.78 Å². The summed E-state index contributed by atoms with van der Waals surface area (Å²) in [6, 6.07) is 14.9. The third-order valence-corrected chi connectivity index (χ3v) is 4.35. The maximum Gasteiger partial charge on any atom is 0.336 e. The van der Waals surface area contributed by atoms with E-state index < -0.39 is 5.97 Å². The summed E-state index contributed by atoms with van der Waals surface area (Å²) >= 11 is 5.60. The second-order valence-corrected chi connectivity index (χ2v) is 6.69. The summed E-state index contributed by atoms with van der Waals surface area (Å²) in [6.45, 7) is 0. The van der Waals surface area contributed by atoms with Crippen molar-refractivity contribution in [3.63, 3.8) is 0 Å². The lowest BCUT2D eigenvalue weighted by Gasteiger charge is -2.08. The van der Waals surface area contributed by atoms with Crippen molar-refractivity contribution in [1.29, 1.82) is 0 Å². The zero-order valence-corrected chi connectivity index (χ0v) is 14.4. The number of pyridine rings is 1. The van der Waals surface area contributed by atoms with Crippen LogP contribution in [0.25, 0.3) is 22.2 Å². The molecular formula is C16H9BrINO2. The van der Waals surface area contributed by atoms with E-state index in [2.05, 4.69) is 43.5 Å².